The quantitative estimate of drug-likeness (QED) is 0.0180. The molecular weight excluding hydrogens is 884 g/mol. The van der Waals surface area contributed by atoms with E-state index in [9.17, 15) is 44.1 Å². The van der Waals surface area contributed by atoms with Crippen LogP contribution in [0.15, 0.2) is 39.0 Å². The number of nitrogens with two attached hydrogens (primary N) is 1. The number of thioether (sulfide) groups is 2. The van der Waals surface area contributed by atoms with Gasteiger partial charge in [0.05, 0.1) is 15.6 Å². The third-order valence-corrected chi connectivity index (χ3v) is 12.0. The number of carboxylic acid groups (broad SMARTS) is 1. The summed E-state index contributed by atoms with van der Waals surface area (Å²) in [6.07, 6.45) is 0. The molecule has 310 valence electrons. The van der Waals surface area contributed by atoms with E-state index in [-0.39, 0.29) is 39.6 Å². The molecule has 2 atom stereocenters. The number of benzene rings is 1. The van der Waals surface area contributed by atoms with Gasteiger partial charge in [-0.2, -0.15) is 9.50 Å². The number of phenolic OH excluding ortho intramolecular Hbond substituents is 2. The number of nitrogen functional groups attached to an aromatic ring is 1. The summed E-state index contributed by atoms with van der Waals surface area (Å²) >= 11 is 15.0. The number of carbonyl (C=O) groups is 6. The fourth-order valence-corrected chi connectivity index (χ4v) is 8.78. The number of β-lactam (4-membered cyclic amide) rings is 1. The summed E-state index contributed by atoms with van der Waals surface area (Å²) in [5, 5.41) is 49.3. The first-order chi connectivity index (χ1) is 27.8. The van der Waals surface area contributed by atoms with Crippen molar-refractivity contribution in [3.05, 3.63) is 61.6 Å². The summed E-state index contributed by atoms with van der Waals surface area (Å²) in [6.45, 7) is 4.14. The molecule has 0 aliphatic carbocycles. The summed E-state index contributed by atoms with van der Waals surface area (Å²) in [6, 6.07) is 1.36. The highest BCUT2D eigenvalue weighted by Crippen LogP contribution is 2.42. The first kappa shape index (κ1) is 42.7. The van der Waals surface area contributed by atoms with Crippen LogP contribution in [0.4, 0.5) is 5.13 Å². The summed E-state index contributed by atoms with van der Waals surface area (Å²) in [7, 11) is 0. The number of phenols is 2. The van der Waals surface area contributed by atoms with E-state index in [1.54, 1.807) is 13.0 Å². The molecule has 0 radical (unpaired) electrons. The maximum Gasteiger partial charge on any atom is 0.352 e. The van der Waals surface area contributed by atoms with Gasteiger partial charge in [0, 0.05) is 22.6 Å². The highest BCUT2D eigenvalue weighted by atomic mass is 35.5. The summed E-state index contributed by atoms with van der Waals surface area (Å²) in [4.78, 5) is 96.1. The van der Waals surface area contributed by atoms with Gasteiger partial charge in [-0.25, -0.2) is 20.2 Å². The van der Waals surface area contributed by atoms with Crippen LogP contribution in [0.2, 0.25) is 10.0 Å². The molecule has 4 aromatic rings. The van der Waals surface area contributed by atoms with E-state index in [4.69, 9.17) is 39.0 Å². The van der Waals surface area contributed by atoms with E-state index < -0.39 is 85.3 Å². The zero-order valence-electron chi connectivity index (χ0n) is 30.1. The first-order valence-corrected chi connectivity index (χ1v) is 20.0. The highest BCUT2D eigenvalue weighted by molar-refractivity contribution is 8.01. The predicted octanol–water partition coefficient (Wildman–Crippen LogP) is 0.800. The number of nitrogens with zero attached hydrogens (tertiary/aromatic N) is 7. The molecular formula is C31H28Cl2N12O11S3. The van der Waals surface area contributed by atoms with E-state index in [2.05, 4.69) is 41.4 Å². The van der Waals surface area contributed by atoms with Crippen LogP contribution in [-0.4, -0.2) is 120 Å². The van der Waals surface area contributed by atoms with Crippen molar-refractivity contribution in [1.82, 2.24) is 51.1 Å². The molecule has 6 rings (SSSR count). The average molecular weight is 912 g/mol. The monoisotopic (exact) mass is 910 g/mol. The molecule has 0 bridgehead atoms. The van der Waals surface area contributed by atoms with Gasteiger partial charge in [-0.05, 0) is 38.5 Å². The number of hydrazine groups is 1. The molecule has 0 saturated carbocycles. The molecule has 5 amide bonds. The Kier molecular flexibility index (Phi) is 12.1. The van der Waals surface area contributed by atoms with Crippen LogP contribution >= 0.6 is 58.1 Å². The third-order valence-electron chi connectivity index (χ3n) is 8.23. The number of aromatic nitrogens is 5. The van der Waals surface area contributed by atoms with Crippen molar-refractivity contribution in [3.63, 3.8) is 0 Å². The minimum Gasteiger partial charge on any atom is -0.503 e. The molecule has 1 aromatic carbocycles. The van der Waals surface area contributed by atoms with Crippen LogP contribution in [0.1, 0.15) is 46.2 Å². The molecule has 0 spiro atoms. The Labute approximate surface area is 352 Å². The fraction of sp³-hybridized carbons (Fsp3) is 0.258. The molecule has 0 unspecified atom stereocenters. The first-order valence-electron chi connectivity index (χ1n) is 16.3. The van der Waals surface area contributed by atoms with Crippen molar-refractivity contribution < 1.29 is 54.1 Å². The van der Waals surface area contributed by atoms with Gasteiger partial charge in [-0.3, -0.25) is 44.9 Å². The molecule has 23 nitrogen and oxygen atoms in total. The van der Waals surface area contributed by atoms with E-state index in [0.717, 1.165) is 34.1 Å². The molecule has 2 aliphatic heterocycles. The van der Waals surface area contributed by atoms with Gasteiger partial charge in [0.1, 0.15) is 27.8 Å². The van der Waals surface area contributed by atoms with Gasteiger partial charge in [-0.15, -0.1) is 40.0 Å². The van der Waals surface area contributed by atoms with Gasteiger partial charge in [-0.1, -0.05) is 28.4 Å². The average Bonchev–Trinajstić information content (AvgIpc) is 3.83. The number of carbonyl (C=O) groups excluding carboxylic acids is 5. The SMILES string of the molecule is Cc1cc(SCC2=C(C(=O)O)N3C(=O)[C@@H](NC(=O)C(=NOC(C)(C)C(=O)NNC(=O)c4cc(Cl)c(O)c(O)c4Cl)c4csc(N)n4)[C@H]3SC2)n2nc(C(=O)NO)nc2n1. The number of amides is 5. The van der Waals surface area contributed by atoms with Gasteiger partial charge in [0.2, 0.25) is 11.4 Å². The lowest BCUT2D eigenvalue weighted by molar-refractivity contribution is -0.150. The molecule has 3 aromatic heterocycles. The second-order valence-corrected chi connectivity index (χ2v) is 16.4. The maximum atomic E-state index is 13.7. The second kappa shape index (κ2) is 16.7. The summed E-state index contributed by atoms with van der Waals surface area (Å²) < 4.78 is 1.26. The normalized spacial score (nSPS) is 16.6. The number of thiazole rings is 1. The topological polar surface area (TPSA) is 338 Å². The Morgan fingerprint density at radius 1 is 1.10 bits per heavy atom. The molecule has 59 heavy (non-hydrogen) atoms. The number of hydroxylamine groups is 1. The molecule has 28 heteroatoms. The zero-order valence-corrected chi connectivity index (χ0v) is 34.1. The Bertz CT molecular complexity index is 2530. The Balaban J connectivity index is 1.15. The molecule has 5 heterocycles. The van der Waals surface area contributed by atoms with E-state index in [0.29, 0.717) is 16.3 Å². The molecule has 10 N–H and O–H groups in total. The minimum atomic E-state index is -1.90. The molecule has 2 aliphatic rings. The van der Waals surface area contributed by atoms with E-state index in [1.807, 2.05) is 0 Å². The van der Waals surface area contributed by atoms with Gasteiger partial charge >= 0.3 is 11.9 Å². The highest BCUT2D eigenvalue weighted by Gasteiger charge is 2.54. The molecule has 1 saturated heterocycles. The summed E-state index contributed by atoms with van der Waals surface area (Å²) in [5.74, 6) is -7.82. The number of aliphatic carboxylic acids is 1. The lowest BCUT2D eigenvalue weighted by Crippen LogP contribution is -2.71. The molecule has 1 fully saturated rings. The number of halogens is 2. The number of nitrogens with one attached hydrogen (secondary N) is 4. The Hall–Kier alpha value is -5.93. The largest absolute Gasteiger partial charge is 0.503 e. The minimum absolute atomic E-state index is 0.0391. The number of carboxylic acids is 1. The Morgan fingerprint density at radius 3 is 2.49 bits per heavy atom. The number of oxime groups is 1. The van der Waals surface area contributed by atoms with E-state index in [1.165, 1.54) is 41.0 Å². The predicted molar refractivity (Wildman–Crippen MR) is 209 cm³/mol. The number of rotatable bonds is 12. The zero-order chi connectivity index (χ0) is 43.1. The van der Waals surface area contributed by atoms with Crippen molar-refractivity contribution >= 4 is 110 Å². The van der Waals surface area contributed by atoms with Crippen LogP contribution in [0.3, 0.4) is 0 Å². The number of hydrogen-bond acceptors (Lipinski definition) is 19. The van der Waals surface area contributed by atoms with Gasteiger partial charge in [0.15, 0.2) is 22.3 Å². The van der Waals surface area contributed by atoms with Crippen LogP contribution in [0.25, 0.3) is 5.78 Å². The van der Waals surface area contributed by atoms with Crippen molar-refractivity contribution in [1.29, 1.82) is 0 Å². The lowest BCUT2D eigenvalue weighted by Gasteiger charge is -2.49. The number of anilines is 1. The number of hydrogen-bond donors (Lipinski definition) is 9. The lowest BCUT2D eigenvalue weighted by atomic mass is 10.0. The standard InChI is InChI=1S/C31H28Cl2N12O11S3/c1-9-4-14(45-30(35-9)38-21(41-45)24(50)42-55)57-6-10-7-58-26-17(25(51)44(26)18(10)27(52)53)37-23(49)16(13-8-59-29(34)36-13)43-56-31(2,3)28(54)40-39-22(48)11-5-12(32)19(46)20(47)15(11)33/h4-5,8,17,26,46-47,55H,6-7H2,1-3H3,(H2,34,36)(H,37,49)(H,39,48)(H,40,54)(H,42,50)(H,52,53)/t17-,26-/m1/s1. The third kappa shape index (κ3) is 8.48. The van der Waals surface area contributed by atoms with Gasteiger partial charge in [0.25, 0.3) is 29.4 Å². The van der Waals surface area contributed by atoms with Crippen LogP contribution in [0.5, 0.6) is 11.5 Å². The maximum absolute atomic E-state index is 13.7. The van der Waals surface area contributed by atoms with Crippen LogP contribution in [0, 0.1) is 6.92 Å². The number of aromatic hydroxyl groups is 2. The van der Waals surface area contributed by atoms with Crippen LogP contribution < -0.4 is 27.4 Å². The van der Waals surface area contributed by atoms with Crippen LogP contribution in [-0.2, 0) is 24.0 Å². The summed E-state index contributed by atoms with van der Waals surface area (Å²) in [5.41, 5.74) is 9.08. The van der Waals surface area contributed by atoms with E-state index >= 15 is 0 Å². The van der Waals surface area contributed by atoms with Crippen molar-refractivity contribution in [2.45, 2.75) is 42.8 Å². The second-order valence-electron chi connectivity index (χ2n) is 12.7. The number of fused-ring (bicyclic) bond motifs is 2. The smallest absolute Gasteiger partial charge is 0.352 e. The van der Waals surface area contributed by atoms with Crippen molar-refractivity contribution in [3.8, 4) is 11.5 Å². The van der Waals surface area contributed by atoms with Gasteiger partial charge < -0.3 is 31.2 Å². The Morgan fingerprint density at radius 2 is 1.83 bits per heavy atom. The van der Waals surface area contributed by atoms with Crippen molar-refractivity contribution in [2.24, 2.45) is 5.16 Å². The van der Waals surface area contributed by atoms with Crippen molar-refractivity contribution in [2.75, 3.05) is 17.2 Å². The number of aryl methyl sites for hydroxylation is 1. The fourth-order valence-electron chi connectivity index (χ4n) is 5.27.